The number of aliphatic hydroxyl groups excluding tert-OH is 1. The van der Waals surface area contributed by atoms with Crippen LogP contribution in [0.1, 0.15) is 62.0 Å². The van der Waals surface area contributed by atoms with E-state index in [1.165, 1.54) is 55.3 Å². The van der Waals surface area contributed by atoms with E-state index in [2.05, 4.69) is 29.5 Å². The molecule has 2 heterocycles. The van der Waals surface area contributed by atoms with E-state index in [9.17, 15) is 9.90 Å². The average molecular weight is 481 g/mol. The first-order valence-corrected chi connectivity index (χ1v) is 12.7. The minimum Gasteiger partial charge on any atom is -0.506 e. The summed E-state index contributed by atoms with van der Waals surface area (Å²) in [7, 11) is 1.61. The molecule has 2 aromatic rings. The molecule has 4 rings (SSSR count). The van der Waals surface area contributed by atoms with Crippen LogP contribution < -0.4 is 4.74 Å². The Morgan fingerprint density at radius 3 is 2.56 bits per heavy atom. The highest BCUT2D eigenvalue weighted by Crippen LogP contribution is 2.41. The quantitative estimate of drug-likeness (QED) is 0.460. The minimum absolute atomic E-state index is 0.0850. The third-order valence-corrected chi connectivity index (χ3v) is 7.44. The number of esters is 1. The molecule has 1 aromatic carbocycles. The largest absolute Gasteiger partial charge is 0.506 e. The van der Waals surface area contributed by atoms with Crippen LogP contribution in [0.15, 0.2) is 51.6 Å². The van der Waals surface area contributed by atoms with Crippen molar-refractivity contribution in [1.29, 1.82) is 0 Å². The molecule has 0 unspecified atom stereocenters. The van der Waals surface area contributed by atoms with Crippen LogP contribution in [0.5, 0.6) is 5.75 Å². The lowest BCUT2D eigenvalue weighted by atomic mass is 9.95. The van der Waals surface area contributed by atoms with Crippen LogP contribution in [-0.2, 0) is 9.53 Å². The van der Waals surface area contributed by atoms with Gasteiger partial charge in [-0.1, -0.05) is 31.0 Å². The molecule has 1 aliphatic heterocycles. The highest BCUT2D eigenvalue weighted by molar-refractivity contribution is 8.18. The first-order valence-electron chi connectivity index (χ1n) is 11.8. The summed E-state index contributed by atoms with van der Waals surface area (Å²) in [5.74, 6) is 0.0648. The van der Waals surface area contributed by atoms with Crippen LogP contribution in [0.4, 0.5) is 5.69 Å². The lowest BCUT2D eigenvalue weighted by Crippen LogP contribution is -2.15. The lowest BCUT2D eigenvalue weighted by Gasteiger charge is -2.26. The Labute approximate surface area is 205 Å². The Balaban J connectivity index is 1.71. The zero-order valence-electron chi connectivity index (χ0n) is 20.3. The van der Waals surface area contributed by atoms with Crippen LogP contribution in [0.2, 0.25) is 0 Å². The number of thioether (sulfide) groups is 1. The Hall–Kier alpha value is -2.93. The van der Waals surface area contributed by atoms with Crippen LogP contribution in [-0.4, -0.2) is 34.4 Å². The first kappa shape index (κ1) is 24.2. The van der Waals surface area contributed by atoms with E-state index in [0.717, 1.165) is 11.3 Å². The van der Waals surface area contributed by atoms with Crippen molar-refractivity contribution in [2.75, 3.05) is 13.7 Å². The predicted molar refractivity (Wildman–Crippen MR) is 138 cm³/mol. The normalized spacial score (nSPS) is 19.3. The molecule has 0 amide bonds. The molecule has 0 saturated heterocycles. The Morgan fingerprint density at radius 1 is 1.21 bits per heavy atom. The molecule has 6 nitrogen and oxygen atoms in total. The number of hydrogen-bond acceptors (Lipinski definition) is 6. The second-order valence-electron chi connectivity index (χ2n) is 8.66. The number of methoxy groups -OCH3 is 1. The van der Waals surface area contributed by atoms with Gasteiger partial charge in [-0.15, -0.1) is 0 Å². The van der Waals surface area contributed by atoms with Gasteiger partial charge in [0.2, 0.25) is 0 Å². The fraction of sp³-hybridized carbons (Fsp3) is 0.407. The van der Waals surface area contributed by atoms with E-state index in [1.54, 1.807) is 14.0 Å². The van der Waals surface area contributed by atoms with E-state index < -0.39 is 5.97 Å². The molecular formula is C27H32N2O4S. The average Bonchev–Trinajstić information content (AvgIpc) is 3.29. The summed E-state index contributed by atoms with van der Waals surface area (Å²) in [6, 6.07) is 9.93. The molecule has 1 saturated carbocycles. The summed E-state index contributed by atoms with van der Waals surface area (Å²) in [5.41, 5.74) is 4.22. The van der Waals surface area contributed by atoms with Gasteiger partial charge >= 0.3 is 5.97 Å². The van der Waals surface area contributed by atoms with Gasteiger partial charge in [0.25, 0.3) is 0 Å². The predicted octanol–water partition coefficient (Wildman–Crippen LogP) is 6.81. The van der Waals surface area contributed by atoms with E-state index in [4.69, 9.17) is 9.47 Å². The van der Waals surface area contributed by atoms with Gasteiger partial charge in [0.1, 0.15) is 22.1 Å². The smallest absolute Gasteiger partial charge is 0.344 e. The van der Waals surface area contributed by atoms with E-state index in [0.29, 0.717) is 21.7 Å². The third-order valence-electron chi connectivity index (χ3n) is 6.42. The maximum absolute atomic E-state index is 12.7. The number of benzene rings is 1. The number of carbonyl (C=O) groups is 1. The number of hydrogen-bond donors (Lipinski definition) is 1. The highest BCUT2D eigenvalue weighted by Gasteiger charge is 2.33. The molecule has 1 aromatic heterocycles. The van der Waals surface area contributed by atoms with Crippen LogP contribution in [0.25, 0.3) is 6.08 Å². The molecule has 1 N–H and O–H groups in total. The number of aryl methyl sites for hydroxylation is 1. The molecule has 0 radical (unpaired) electrons. The van der Waals surface area contributed by atoms with Crippen molar-refractivity contribution in [2.45, 2.75) is 58.9 Å². The SMILES string of the molecule is CCOC(=O)C1=C(O)C(=Cc2cc(C)n(C3CCCCC3)c2C)SC1=Nc1ccc(OC)cc1. The van der Waals surface area contributed by atoms with Gasteiger partial charge in [-0.25, -0.2) is 9.79 Å². The summed E-state index contributed by atoms with van der Waals surface area (Å²) in [4.78, 5) is 17.9. The Bertz CT molecular complexity index is 1150. The van der Waals surface area contributed by atoms with E-state index in [-0.39, 0.29) is 17.9 Å². The fourth-order valence-corrected chi connectivity index (χ4v) is 5.78. The molecular weight excluding hydrogens is 448 g/mol. The van der Waals surface area contributed by atoms with Crippen LogP contribution in [0.3, 0.4) is 0 Å². The third kappa shape index (κ3) is 4.94. The first-order chi connectivity index (χ1) is 16.4. The summed E-state index contributed by atoms with van der Waals surface area (Å²) in [5, 5.41) is 11.5. The number of carbonyl (C=O) groups excluding carboxylic acids is 1. The monoisotopic (exact) mass is 480 g/mol. The topological polar surface area (TPSA) is 73.0 Å². The molecule has 0 bridgehead atoms. The van der Waals surface area contributed by atoms with E-state index >= 15 is 0 Å². The van der Waals surface area contributed by atoms with Gasteiger partial charge in [0.05, 0.1) is 24.3 Å². The number of nitrogens with zero attached hydrogens (tertiary/aromatic N) is 2. The molecule has 0 atom stereocenters. The van der Waals surface area contributed by atoms with Gasteiger partial charge in [-0.2, -0.15) is 0 Å². The summed E-state index contributed by atoms with van der Waals surface area (Å²) >= 11 is 1.29. The van der Waals surface area contributed by atoms with Crippen molar-refractivity contribution in [1.82, 2.24) is 4.57 Å². The molecule has 180 valence electrons. The number of rotatable bonds is 6. The van der Waals surface area contributed by atoms with Crippen molar-refractivity contribution in [3.05, 3.63) is 63.5 Å². The van der Waals surface area contributed by atoms with Gasteiger partial charge in [-0.05, 0) is 75.6 Å². The van der Waals surface area contributed by atoms with Crippen LogP contribution >= 0.6 is 11.8 Å². The Kier molecular flexibility index (Phi) is 7.51. The van der Waals surface area contributed by atoms with Gasteiger partial charge < -0.3 is 19.1 Å². The number of aromatic nitrogens is 1. The molecule has 1 fully saturated rings. The molecule has 34 heavy (non-hydrogen) atoms. The summed E-state index contributed by atoms with van der Waals surface area (Å²) < 4.78 is 12.9. The molecule has 1 aliphatic carbocycles. The molecule has 7 heteroatoms. The summed E-state index contributed by atoms with van der Waals surface area (Å²) in [6.45, 7) is 6.24. The lowest BCUT2D eigenvalue weighted by molar-refractivity contribution is -0.138. The van der Waals surface area contributed by atoms with Crippen molar-refractivity contribution in [3.8, 4) is 5.75 Å². The maximum Gasteiger partial charge on any atom is 0.344 e. The zero-order valence-corrected chi connectivity index (χ0v) is 21.1. The van der Waals surface area contributed by atoms with E-state index in [1.807, 2.05) is 30.3 Å². The standard InChI is InChI=1S/C27H32N2O4S/c1-5-33-27(31)24-25(30)23(34-26(24)28-20-11-13-22(32-4)14-12-20)16-19-15-17(2)29(18(19)3)21-9-7-6-8-10-21/h11-16,21,30H,5-10H2,1-4H3. The van der Waals surface area contributed by atoms with Gasteiger partial charge in [-0.3, -0.25) is 0 Å². The second-order valence-corrected chi connectivity index (χ2v) is 9.69. The maximum atomic E-state index is 12.7. The van der Waals surface area contributed by atoms with Gasteiger partial charge in [0, 0.05) is 17.4 Å². The number of ether oxygens (including phenoxy) is 2. The van der Waals surface area contributed by atoms with Gasteiger partial charge in [0.15, 0.2) is 0 Å². The molecule has 2 aliphatic rings. The molecule has 0 spiro atoms. The van der Waals surface area contributed by atoms with Crippen molar-refractivity contribution >= 4 is 34.5 Å². The van der Waals surface area contributed by atoms with Crippen molar-refractivity contribution in [3.63, 3.8) is 0 Å². The van der Waals surface area contributed by atoms with Crippen LogP contribution in [0, 0.1) is 13.8 Å². The second kappa shape index (κ2) is 10.6. The number of aliphatic hydroxyl groups is 1. The summed E-state index contributed by atoms with van der Waals surface area (Å²) in [6.07, 6.45) is 8.22. The number of aliphatic imine (C=N–C) groups is 1. The Morgan fingerprint density at radius 2 is 1.91 bits per heavy atom. The van der Waals surface area contributed by atoms with Crippen molar-refractivity contribution < 1.29 is 19.4 Å². The fourth-order valence-electron chi connectivity index (χ4n) is 4.76. The minimum atomic E-state index is -0.573. The highest BCUT2D eigenvalue weighted by atomic mass is 32.2. The van der Waals surface area contributed by atoms with Crippen molar-refractivity contribution in [2.24, 2.45) is 4.99 Å². The zero-order chi connectivity index (χ0) is 24.2.